The Bertz CT molecular complexity index is 1130. The van der Waals surface area contributed by atoms with Gasteiger partial charge in [-0.3, -0.25) is 9.59 Å². The molecule has 0 saturated heterocycles. The largest absolute Gasteiger partial charge is 0.493 e. The smallest absolute Gasteiger partial charge is 0.249 e. The van der Waals surface area contributed by atoms with E-state index in [0.29, 0.717) is 38.5 Å². The molecular weight excluding hydrogens is 467 g/mol. The number of nitrogens with zero attached hydrogens (tertiary/aromatic N) is 2. The van der Waals surface area contributed by atoms with Crippen LogP contribution >= 0.6 is 23.2 Å². The van der Waals surface area contributed by atoms with Crippen molar-refractivity contribution >= 4 is 46.4 Å². The van der Waals surface area contributed by atoms with Crippen LogP contribution in [-0.4, -0.2) is 30.3 Å². The second-order valence-electron chi connectivity index (χ2n) is 7.89. The molecule has 2 heterocycles. The van der Waals surface area contributed by atoms with Gasteiger partial charge in [-0.15, -0.1) is 0 Å². The van der Waals surface area contributed by atoms with Crippen LogP contribution in [-0.2, 0) is 16.2 Å². The Kier molecular flexibility index (Phi) is 6.58. The van der Waals surface area contributed by atoms with Gasteiger partial charge in [0.15, 0.2) is 11.5 Å². The summed E-state index contributed by atoms with van der Waals surface area (Å²) < 4.78 is 11.5. The third kappa shape index (κ3) is 4.54. The fraction of sp³-hybridized carbons (Fsp3) is 0.304. The molecule has 0 aliphatic carbocycles. The van der Waals surface area contributed by atoms with Crippen molar-refractivity contribution < 1.29 is 19.1 Å². The maximum Gasteiger partial charge on any atom is 0.249 e. The Balaban J connectivity index is 1.72. The van der Waals surface area contributed by atoms with Gasteiger partial charge >= 0.3 is 0 Å². The highest BCUT2D eigenvalue weighted by Gasteiger charge is 2.46. The quantitative estimate of drug-likeness (QED) is 0.616. The zero-order valence-corrected chi connectivity index (χ0v) is 19.7. The first-order valence-corrected chi connectivity index (χ1v) is 11.0. The van der Waals surface area contributed by atoms with Gasteiger partial charge in [0.05, 0.1) is 24.0 Å². The molecule has 33 heavy (non-hydrogen) atoms. The first-order valence-electron chi connectivity index (χ1n) is 10.2. The minimum atomic E-state index is -0.661. The van der Waals surface area contributed by atoms with Crippen LogP contribution in [0.15, 0.2) is 46.6 Å². The molecule has 0 fully saturated rings. The number of hydrogen-bond acceptors (Lipinski definition) is 6. The van der Waals surface area contributed by atoms with E-state index in [1.54, 1.807) is 38.1 Å². The van der Waals surface area contributed by atoms with Gasteiger partial charge in [0.2, 0.25) is 11.8 Å². The Morgan fingerprint density at radius 1 is 0.970 bits per heavy atom. The summed E-state index contributed by atoms with van der Waals surface area (Å²) in [6.45, 7) is 3.75. The van der Waals surface area contributed by atoms with Crippen molar-refractivity contribution in [2.24, 2.45) is 22.0 Å². The van der Waals surface area contributed by atoms with Gasteiger partial charge in [-0.05, 0) is 49.2 Å². The summed E-state index contributed by atoms with van der Waals surface area (Å²) in [5.41, 5.74) is 7.70. The minimum Gasteiger partial charge on any atom is -0.493 e. The SMILES string of the molecule is COc1cc(C(C2C(=O)NN=C2C)C2C(=O)NN=C2C)cc(Cl)c1OCc1ccc(Cl)cc1. The highest BCUT2D eigenvalue weighted by molar-refractivity contribution is 6.32. The first kappa shape index (κ1) is 23.1. The van der Waals surface area contributed by atoms with Crippen molar-refractivity contribution in [3.63, 3.8) is 0 Å². The molecule has 2 aliphatic heterocycles. The lowest BCUT2D eigenvalue weighted by Crippen LogP contribution is -2.38. The summed E-state index contributed by atoms with van der Waals surface area (Å²) in [5.74, 6) is -1.74. The zero-order chi connectivity index (χ0) is 23.7. The Morgan fingerprint density at radius 3 is 2.03 bits per heavy atom. The summed E-state index contributed by atoms with van der Waals surface area (Å²) in [6.07, 6.45) is 0. The van der Waals surface area contributed by atoms with Crippen LogP contribution in [0.2, 0.25) is 10.0 Å². The average Bonchev–Trinajstić information content (AvgIpc) is 3.30. The predicted octanol–water partition coefficient (Wildman–Crippen LogP) is 3.91. The molecule has 2 unspecified atom stereocenters. The van der Waals surface area contributed by atoms with Gasteiger partial charge in [0.1, 0.15) is 6.61 Å². The van der Waals surface area contributed by atoms with Gasteiger partial charge in [-0.2, -0.15) is 10.2 Å². The number of methoxy groups -OCH3 is 1. The molecule has 0 aromatic heterocycles. The summed E-state index contributed by atoms with van der Waals surface area (Å²) in [5, 5.41) is 9.06. The van der Waals surface area contributed by atoms with Crippen LogP contribution in [0.4, 0.5) is 0 Å². The van der Waals surface area contributed by atoms with E-state index < -0.39 is 17.8 Å². The first-order chi connectivity index (χ1) is 15.8. The van der Waals surface area contributed by atoms with Crippen molar-refractivity contribution in [2.75, 3.05) is 7.11 Å². The Labute approximate surface area is 200 Å². The van der Waals surface area contributed by atoms with Crippen LogP contribution < -0.4 is 20.3 Å². The number of benzene rings is 2. The maximum atomic E-state index is 12.7. The third-order valence-corrected chi connectivity index (χ3v) is 6.33. The molecule has 0 radical (unpaired) electrons. The maximum absolute atomic E-state index is 12.7. The van der Waals surface area contributed by atoms with Crippen molar-refractivity contribution in [2.45, 2.75) is 26.4 Å². The summed E-state index contributed by atoms with van der Waals surface area (Å²) in [7, 11) is 1.50. The normalized spacial score (nSPS) is 20.6. The van der Waals surface area contributed by atoms with Gasteiger partial charge in [0.25, 0.3) is 0 Å². The zero-order valence-electron chi connectivity index (χ0n) is 18.2. The molecule has 2 aliphatic rings. The van der Waals surface area contributed by atoms with Crippen molar-refractivity contribution in [3.05, 3.63) is 57.6 Å². The summed E-state index contributed by atoms with van der Waals surface area (Å²) in [4.78, 5) is 25.3. The van der Waals surface area contributed by atoms with Crippen molar-refractivity contribution in [1.29, 1.82) is 0 Å². The molecule has 2 amide bonds. The molecule has 2 N–H and O–H groups in total. The number of ether oxygens (including phenoxy) is 2. The van der Waals surface area contributed by atoms with Crippen LogP contribution in [0.5, 0.6) is 11.5 Å². The number of hydrogen-bond donors (Lipinski definition) is 2. The lowest BCUT2D eigenvalue weighted by atomic mass is 9.73. The number of amides is 2. The van der Waals surface area contributed by atoms with E-state index in [4.69, 9.17) is 32.7 Å². The van der Waals surface area contributed by atoms with Crippen molar-refractivity contribution in [3.8, 4) is 11.5 Å². The molecule has 0 saturated carbocycles. The van der Waals surface area contributed by atoms with E-state index in [2.05, 4.69) is 21.1 Å². The van der Waals surface area contributed by atoms with Gasteiger partial charge < -0.3 is 9.47 Å². The molecular formula is C23H22Cl2N4O4. The molecule has 2 aromatic carbocycles. The van der Waals surface area contributed by atoms with Gasteiger partial charge in [-0.1, -0.05) is 35.3 Å². The number of carbonyl (C=O) groups is 2. The molecule has 4 rings (SSSR count). The van der Waals surface area contributed by atoms with E-state index in [1.807, 2.05) is 12.1 Å². The number of carbonyl (C=O) groups excluding carboxylic acids is 2. The van der Waals surface area contributed by atoms with E-state index in [0.717, 1.165) is 5.56 Å². The van der Waals surface area contributed by atoms with E-state index in [9.17, 15) is 9.59 Å². The summed E-state index contributed by atoms with van der Waals surface area (Å²) >= 11 is 12.6. The number of rotatable bonds is 7. The Morgan fingerprint density at radius 2 is 1.55 bits per heavy atom. The van der Waals surface area contributed by atoms with Crippen LogP contribution in [0.3, 0.4) is 0 Å². The minimum absolute atomic E-state index is 0.254. The fourth-order valence-corrected chi connectivity index (χ4v) is 4.58. The standard InChI is InChI=1S/C23H22Cl2N4O4/c1-11-18(22(30)28-26-11)20(19-12(2)27-29-23(19)31)14-8-16(25)21(17(9-14)32-3)33-10-13-4-6-15(24)7-5-13/h4-9,18-20H,10H2,1-3H3,(H,28,30)(H,29,31). The van der Waals surface area contributed by atoms with Crippen LogP contribution in [0.1, 0.15) is 30.9 Å². The molecule has 10 heteroatoms. The molecule has 2 aromatic rings. The highest BCUT2D eigenvalue weighted by Crippen LogP contribution is 2.44. The lowest BCUT2D eigenvalue weighted by Gasteiger charge is -2.28. The predicted molar refractivity (Wildman–Crippen MR) is 126 cm³/mol. The van der Waals surface area contributed by atoms with E-state index in [-0.39, 0.29) is 18.4 Å². The number of hydrazone groups is 2. The second kappa shape index (κ2) is 9.41. The van der Waals surface area contributed by atoms with Gasteiger partial charge in [-0.25, -0.2) is 10.9 Å². The second-order valence-corrected chi connectivity index (χ2v) is 8.73. The molecule has 0 bridgehead atoms. The number of nitrogens with one attached hydrogen (secondary N) is 2. The molecule has 8 nitrogen and oxygen atoms in total. The van der Waals surface area contributed by atoms with E-state index >= 15 is 0 Å². The topological polar surface area (TPSA) is 101 Å². The fourth-order valence-electron chi connectivity index (χ4n) is 4.18. The third-order valence-electron chi connectivity index (χ3n) is 5.80. The van der Waals surface area contributed by atoms with Crippen LogP contribution in [0.25, 0.3) is 0 Å². The monoisotopic (exact) mass is 488 g/mol. The lowest BCUT2D eigenvalue weighted by molar-refractivity contribution is -0.125. The molecule has 172 valence electrons. The van der Waals surface area contributed by atoms with Crippen molar-refractivity contribution in [1.82, 2.24) is 10.9 Å². The molecule has 2 atom stereocenters. The van der Waals surface area contributed by atoms with Gasteiger partial charge in [0, 0.05) is 22.4 Å². The Hall–Kier alpha value is -3.10. The number of halogens is 2. The molecule has 0 spiro atoms. The van der Waals surface area contributed by atoms with Crippen LogP contribution in [0, 0.1) is 11.8 Å². The highest BCUT2D eigenvalue weighted by atomic mass is 35.5. The average molecular weight is 489 g/mol. The van der Waals surface area contributed by atoms with E-state index in [1.165, 1.54) is 7.11 Å². The summed E-state index contributed by atoms with van der Waals surface area (Å²) in [6, 6.07) is 10.7.